The molecular weight excluding hydrogens is 331 g/mol. The van der Waals surface area contributed by atoms with E-state index in [0.717, 1.165) is 0 Å². The molecule has 2 rings (SSSR count). The average molecular weight is 347 g/mol. The summed E-state index contributed by atoms with van der Waals surface area (Å²) in [6, 6.07) is 4.65. The summed E-state index contributed by atoms with van der Waals surface area (Å²) in [6.45, 7) is 1.63. The van der Waals surface area contributed by atoms with Crippen LogP contribution in [0.2, 0.25) is 0 Å². The average Bonchev–Trinajstić information content (AvgIpc) is 3.03. The predicted octanol–water partition coefficient (Wildman–Crippen LogP) is 2.05. The fraction of sp³-hybridized carbons (Fsp3) is 0.429. The molecule has 1 aromatic carbocycles. The third-order valence-corrected chi connectivity index (χ3v) is 4.80. The van der Waals surface area contributed by atoms with Gasteiger partial charge in [-0.25, -0.2) is 0 Å². The summed E-state index contributed by atoms with van der Waals surface area (Å²) in [5.41, 5.74) is 4.05. The lowest BCUT2D eigenvalue weighted by Crippen LogP contribution is -2.45. The van der Waals surface area contributed by atoms with Gasteiger partial charge in [-0.1, -0.05) is 0 Å². The van der Waals surface area contributed by atoms with Gasteiger partial charge in [0.25, 0.3) is 5.91 Å². The van der Waals surface area contributed by atoms with Crippen LogP contribution in [0.1, 0.15) is 23.7 Å². The van der Waals surface area contributed by atoms with E-state index in [1.165, 1.54) is 20.3 Å². The van der Waals surface area contributed by atoms with Gasteiger partial charge >= 0.3 is 0 Å². The van der Waals surface area contributed by atoms with Gasteiger partial charge in [-0.05, 0) is 31.5 Å². The van der Waals surface area contributed by atoms with Crippen molar-refractivity contribution in [3.05, 3.63) is 23.8 Å². The number of halogens is 2. The molecule has 120 valence electrons. The number of benzene rings is 1. The van der Waals surface area contributed by atoms with Crippen LogP contribution in [0.5, 0.6) is 11.5 Å². The molecule has 0 aromatic heterocycles. The molecule has 0 radical (unpaired) electrons. The number of carbonyl (C=O) groups excluding carboxylic acids is 2. The highest BCUT2D eigenvalue weighted by atomic mass is 35.5. The van der Waals surface area contributed by atoms with Crippen molar-refractivity contribution in [2.24, 2.45) is 5.41 Å². The van der Waals surface area contributed by atoms with Crippen molar-refractivity contribution >= 4 is 35.0 Å². The van der Waals surface area contributed by atoms with Crippen LogP contribution in [0.25, 0.3) is 0 Å². The van der Waals surface area contributed by atoms with Gasteiger partial charge in [-0.2, -0.15) is 0 Å². The lowest BCUT2D eigenvalue weighted by atomic mass is 10.1. The minimum atomic E-state index is -1.09. The highest BCUT2D eigenvalue weighted by molar-refractivity contribution is 6.53. The molecule has 0 spiro atoms. The lowest BCUT2D eigenvalue weighted by Gasteiger charge is -2.14. The van der Waals surface area contributed by atoms with Crippen LogP contribution in [0.4, 0.5) is 0 Å². The Morgan fingerprint density at radius 3 is 2.23 bits per heavy atom. The normalized spacial score (nSPS) is 21.7. The van der Waals surface area contributed by atoms with Gasteiger partial charge in [0, 0.05) is 5.56 Å². The topological polar surface area (TPSA) is 76.7 Å². The maximum Gasteiger partial charge on any atom is 0.269 e. The molecule has 1 saturated carbocycles. The first-order valence-corrected chi connectivity index (χ1v) is 7.21. The Bertz CT molecular complexity index is 621. The maximum atomic E-state index is 12.0. The number of ether oxygens (including phenoxy) is 2. The molecule has 1 atom stereocenters. The van der Waals surface area contributed by atoms with Crippen molar-refractivity contribution < 1.29 is 19.1 Å². The molecule has 1 unspecified atom stereocenters. The quantitative estimate of drug-likeness (QED) is 0.646. The first kappa shape index (κ1) is 16.7. The molecule has 0 saturated heterocycles. The summed E-state index contributed by atoms with van der Waals surface area (Å²) >= 11 is 11.8. The van der Waals surface area contributed by atoms with Crippen LogP contribution in [0.3, 0.4) is 0 Å². The number of rotatable bonds is 4. The van der Waals surface area contributed by atoms with E-state index in [2.05, 4.69) is 10.9 Å². The number of nitrogens with one attached hydrogen (secondary N) is 2. The summed E-state index contributed by atoms with van der Waals surface area (Å²) in [7, 11) is 2.97. The zero-order valence-corrected chi connectivity index (χ0v) is 13.8. The van der Waals surface area contributed by atoms with Crippen molar-refractivity contribution in [3.8, 4) is 11.5 Å². The van der Waals surface area contributed by atoms with E-state index in [1.807, 2.05) is 0 Å². The minimum absolute atomic E-state index is 0.307. The van der Waals surface area contributed by atoms with Gasteiger partial charge < -0.3 is 9.47 Å². The zero-order valence-electron chi connectivity index (χ0n) is 12.3. The second kappa shape index (κ2) is 5.85. The van der Waals surface area contributed by atoms with E-state index >= 15 is 0 Å². The molecule has 0 bridgehead atoms. The van der Waals surface area contributed by atoms with E-state index in [0.29, 0.717) is 23.5 Å². The van der Waals surface area contributed by atoms with Crippen molar-refractivity contribution in [1.29, 1.82) is 0 Å². The highest BCUT2D eigenvalue weighted by Gasteiger charge is 2.68. The molecule has 1 aliphatic rings. The Hall–Kier alpha value is -1.66. The number of carbonyl (C=O) groups is 2. The molecule has 1 aliphatic carbocycles. The molecule has 0 aliphatic heterocycles. The van der Waals surface area contributed by atoms with Crippen LogP contribution >= 0.6 is 23.2 Å². The Kier molecular flexibility index (Phi) is 4.44. The standard InChI is InChI=1S/C14H16Cl2N2O4/c1-13(7-14(13,15)16)12(20)18-17-11(19)8-4-5-9(21-2)10(6-8)22-3/h4-6H,7H2,1-3H3,(H,17,19)(H,18,20). The Morgan fingerprint density at radius 1 is 1.14 bits per heavy atom. The fourth-order valence-corrected chi connectivity index (χ4v) is 2.65. The fourth-order valence-electron chi connectivity index (χ4n) is 1.95. The Labute approximate surface area is 138 Å². The molecular formula is C14H16Cl2N2O4. The van der Waals surface area contributed by atoms with Crippen LogP contribution in [0, 0.1) is 5.41 Å². The summed E-state index contributed by atoms with van der Waals surface area (Å²) in [4.78, 5) is 24.0. The van der Waals surface area contributed by atoms with Gasteiger partial charge in [0.2, 0.25) is 5.91 Å². The monoisotopic (exact) mass is 346 g/mol. The first-order chi connectivity index (χ1) is 10.2. The third kappa shape index (κ3) is 2.94. The van der Waals surface area contributed by atoms with Crippen LogP contribution in [-0.4, -0.2) is 30.4 Å². The number of hydrogen-bond acceptors (Lipinski definition) is 4. The smallest absolute Gasteiger partial charge is 0.269 e. The summed E-state index contributed by atoms with van der Waals surface area (Å²) in [6.07, 6.45) is 0.334. The van der Waals surface area contributed by atoms with Crippen LogP contribution < -0.4 is 20.3 Å². The van der Waals surface area contributed by atoms with Gasteiger partial charge in [0.1, 0.15) is 4.33 Å². The number of methoxy groups -OCH3 is 2. The summed E-state index contributed by atoms with van der Waals surface area (Å²) < 4.78 is 9.11. The van der Waals surface area contributed by atoms with E-state index in [4.69, 9.17) is 32.7 Å². The first-order valence-electron chi connectivity index (χ1n) is 6.46. The number of hydrazine groups is 1. The van der Waals surface area contributed by atoms with Crippen molar-refractivity contribution in [2.75, 3.05) is 14.2 Å². The lowest BCUT2D eigenvalue weighted by molar-refractivity contribution is -0.126. The largest absolute Gasteiger partial charge is 0.493 e. The molecule has 6 nitrogen and oxygen atoms in total. The van der Waals surface area contributed by atoms with E-state index in [1.54, 1.807) is 19.1 Å². The Balaban J connectivity index is 2.00. The minimum Gasteiger partial charge on any atom is -0.493 e. The third-order valence-electron chi connectivity index (χ3n) is 3.69. The van der Waals surface area contributed by atoms with Gasteiger partial charge in [-0.15, -0.1) is 23.2 Å². The maximum absolute atomic E-state index is 12.0. The second-order valence-corrected chi connectivity index (χ2v) is 6.68. The van der Waals surface area contributed by atoms with Crippen molar-refractivity contribution in [3.63, 3.8) is 0 Å². The van der Waals surface area contributed by atoms with E-state index in [-0.39, 0.29) is 0 Å². The number of hydrogen-bond donors (Lipinski definition) is 2. The summed E-state index contributed by atoms with van der Waals surface area (Å²) in [5, 5.41) is 0. The van der Waals surface area contributed by atoms with Gasteiger partial charge in [0.05, 0.1) is 19.6 Å². The number of amides is 2. The second-order valence-electron chi connectivity index (χ2n) is 5.19. The molecule has 8 heteroatoms. The van der Waals surface area contributed by atoms with E-state index < -0.39 is 21.6 Å². The van der Waals surface area contributed by atoms with Crippen LogP contribution in [0.15, 0.2) is 18.2 Å². The predicted molar refractivity (Wildman–Crippen MR) is 82.3 cm³/mol. The van der Waals surface area contributed by atoms with E-state index in [9.17, 15) is 9.59 Å². The molecule has 2 N–H and O–H groups in total. The highest BCUT2D eigenvalue weighted by Crippen LogP contribution is 2.63. The van der Waals surface area contributed by atoms with Crippen molar-refractivity contribution in [1.82, 2.24) is 10.9 Å². The molecule has 22 heavy (non-hydrogen) atoms. The van der Waals surface area contributed by atoms with Gasteiger partial charge in [0.15, 0.2) is 11.5 Å². The number of alkyl halides is 2. The van der Waals surface area contributed by atoms with Crippen molar-refractivity contribution in [2.45, 2.75) is 17.7 Å². The SMILES string of the molecule is COc1ccc(C(=O)NNC(=O)C2(C)CC2(Cl)Cl)cc1OC. The molecule has 2 amide bonds. The van der Waals surface area contributed by atoms with Crippen LogP contribution in [-0.2, 0) is 4.79 Å². The van der Waals surface area contributed by atoms with Gasteiger partial charge in [-0.3, -0.25) is 20.4 Å². The Morgan fingerprint density at radius 2 is 1.73 bits per heavy atom. The zero-order chi connectivity index (χ0) is 16.5. The summed E-state index contributed by atoms with van der Waals surface area (Å²) in [5.74, 6) is -0.0153. The molecule has 0 heterocycles. The molecule has 1 fully saturated rings. The molecule has 1 aromatic rings.